The van der Waals surface area contributed by atoms with E-state index in [0.29, 0.717) is 24.5 Å². The standard InChI is InChI=1S/C14H32O3P2/c1-7-9-11-16-19(15,17-12-10-8-2)18(13(3)4)14(5)6/h13-14H,7-12H2,1-6H3. The molecule has 0 atom stereocenters. The zero-order chi connectivity index (χ0) is 14.9. The Kier molecular flexibility index (Phi) is 10.6. The van der Waals surface area contributed by atoms with Gasteiger partial charge in [0.1, 0.15) is 0 Å². The maximum absolute atomic E-state index is 13.1. The first-order chi connectivity index (χ1) is 8.89. The molecule has 0 saturated heterocycles. The molecular weight excluding hydrogens is 278 g/mol. The highest BCUT2D eigenvalue weighted by atomic mass is 32.1. The summed E-state index contributed by atoms with van der Waals surface area (Å²) in [5.74, 6) is 0. The number of unbranched alkanes of at least 4 members (excludes halogenated alkanes) is 2. The van der Waals surface area contributed by atoms with Gasteiger partial charge in [-0.15, -0.1) is 0 Å². The van der Waals surface area contributed by atoms with Gasteiger partial charge in [-0.1, -0.05) is 54.4 Å². The molecule has 0 heterocycles. The van der Waals surface area contributed by atoms with Gasteiger partial charge in [0.05, 0.1) is 13.2 Å². The molecule has 0 aliphatic heterocycles. The van der Waals surface area contributed by atoms with Crippen LogP contribution in [0.1, 0.15) is 67.2 Å². The average molecular weight is 310 g/mol. The number of hydrogen-bond donors (Lipinski definition) is 0. The maximum atomic E-state index is 13.1. The Morgan fingerprint density at radius 2 is 1.26 bits per heavy atom. The molecule has 0 fully saturated rings. The van der Waals surface area contributed by atoms with Gasteiger partial charge >= 0.3 is 7.28 Å². The smallest absolute Gasteiger partial charge is 0.306 e. The molecule has 5 heteroatoms. The predicted octanol–water partition coefficient (Wildman–Crippen LogP) is 6.03. The largest absolute Gasteiger partial charge is 0.349 e. The zero-order valence-corrected chi connectivity index (χ0v) is 15.3. The van der Waals surface area contributed by atoms with Crippen molar-refractivity contribution in [3.63, 3.8) is 0 Å². The molecule has 0 spiro atoms. The average Bonchev–Trinajstić information content (AvgIpc) is 2.28. The third-order valence-electron chi connectivity index (χ3n) is 2.85. The van der Waals surface area contributed by atoms with Gasteiger partial charge in [-0.05, 0) is 24.2 Å². The molecule has 0 saturated carbocycles. The first kappa shape index (κ1) is 19.6. The summed E-state index contributed by atoms with van der Waals surface area (Å²) < 4.78 is 24.7. The minimum atomic E-state index is -2.94. The van der Waals surface area contributed by atoms with Gasteiger partial charge in [0, 0.05) is 7.61 Å². The van der Waals surface area contributed by atoms with Crippen molar-refractivity contribution in [2.45, 2.75) is 78.5 Å². The molecule has 116 valence electrons. The van der Waals surface area contributed by atoms with Crippen LogP contribution < -0.4 is 0 Å². The van der Waals surface area contributed by atoms with Crippen molar-refractivity contribution in [1.29, 1.82) is 0 Å². The first-order valence-corrected chi connectivity index (χ1v) is 11.3. The van der Waals surface area contributed by atoms with Crippen molar-refractivity contribution in [1.82, 2.24) is 0 Å². The summed E-state index contributed by atoms with van der Waals surface area (Å²) in [6.45, 7) is 13.8. The van der Waals surface area contributed by atoms with Crippen LogP contribution in [-0.2, 0) is 13.6 Å². The third kappa shape index (κ3) is 7.23. The fourth-order valence-electron chi connectivity index (χ4n) is 1.98. The highest BCUT2D eigenvalue weighted by Gasteiger charge is 2.39. The van der Waals surface area contributed by atoms with E-state index in [1.807, 2.05) is 0 Å². The summed E-state index contributed by atoms with van der Waals surface area (Å²) in [5, 5.41) is 0. The van der Waals surface area contributed by atoms with Crippen LogP contribution in [0.15, 0.2) is 0 Å². The Morgan fingerprint density at radius 1 is 0.895 bits per heavy atom. The summed E-state index contributed by atoms with van der Waals surface area (Å²) in [5.41, 5.74) is 0.730. The molecule has 19 heavy (non-hydrogen) atoms. The molecule has 0 amide bonds. The highest BCUT2D eigenvalue weighted by molar-refractivity contribution is 8.29. The van der Waals surface area contributed by atoms with Crippen LogP contribution in [0.4, 0.5) is 0 Å². The van der Waals surface area contributed by atoms with Gasteiger partial charge in [0.2, 0.25) is 0 Å². The fraction of sp³-hybridized carbons (Fsp3) is 1.00. The third-order valence-corrected chi connectivity index (χ3v) is 11.7. The molecule has 0 aliphatic carbocycles. The maximum Gasteiger partial charge on any atom is 0.349 e. The SMILES string of the molecule is CCCCOP(=O)(OCCCC)P(C(C)C)C(C)C. The van der Waals surface area contributed by atoms with Crippen LogP contribution in [0.25, 0.3) is 0 Å². The Labute approximate surface area is 121 Å². The van der Waals surface area contributed by atoms with Gasteiger partial charge in [0.15, 0.2) is 0 Å². The molecule has 0 unspecified atom stereocenters. The van der Waals surface area contributed by atoms with E-state index in [9.17, 15) is 4.57 Å². The van der Waals surface area contributed by atoms with E-state index in [1.165, 1.54) is 0 Å². The van der Waals surface area contributed by atoms with Gasteiger partial charge < -0.3 is 9.05 Å². The minimum absolute atomic E-state index is 0.365. The van der Waals surface area contributed by atoms with Crippen LogP contribution in [0.2, 0.25) is 0 Å². The lowest BCUT2D eigenvalue weighted by Gasteiger charge is -2.32. The molecule has 0 radical (unpaired) electrons. The van der Waals surface area contributed by atoms with Crippen LogP contribution in [0, 0.1) is 0 Å². The normalized spacial score (nSPS) is 12.9. The molecule has 0 aromatic carbocycles. The first-order valence-electron chi connectivity index (χ1n) is 7.57. The van der Waals surface area contributed by atoms with Crippen LogP contribution >= 0.6 is 14.9 Å². The Bertz CT molecular complexity index is 245. The molecular formula is C14H32O3P2. The summed E-state index contributed by atoms with van der Waals surface area (Å²) in [6.07, 6.45) is 3.99. The molecule has 0 aromatic rings. The van der Waals surface area contributed by atoms with E-state index in [2.05, 4.69) is 41.5 Å². The van der Waals surface area contributed by atoms with Crippen molar-refractivity contribution in [3.8, 4) is 0 Å². The second-order valence-corrected chi connectivity index (χ2v) is 12.5. The monoisotopic (exact) mass is 310 g/mol. The van der Waals surface area contributed by atoms with Crippen LogP contribution in [0.3, 0.4) is 0 Å². The molecule has 3 nitrogen and oxygen atoms in total. The van der Waals surface area contributed by atoms with E-state index >= 15 is 0 Å². The van der Waals surface area contributed by atoms with E-state index in [4.69, 9.17) is 9.05 Å². The summed E-state index contributed by atoms with van der Waals surface area (Å²) in [6, 6.07) is 0. The number of rotatable bonds is 11. The van der Waals surface area contributed by atoms with Gasteiger partial charge in [0.25, 0.3) is 0 Å². The molecule has 0 aromatic heterocycles. The predicted molar refractivity (Wildman–Crippen MR) is 86.5 cm³/mol. The summed E-state index contributed by atoms with van der Waals surface area (Å²) in [7, 11) is -3.68. The second kappa shape index (κ2) is 10.3. The van der Waals surface area contributed by atoms with Crippen molar-refractivity contribution in [2.24, 2.45) is 0 Å². The molecule has 0 aliphatic rings. The van der Waals surface area contributed by atoms with Crippen LogP contribution in [-0.4, -0.2) is 24.5 Å². The Balaban J connectivity index is 4.83. The van der Waals surface area contributed by atoms with Crippen molar-refractivity contribution in [2.75, 3.05) is 13.2 Å². The fourth-order valence-corrected chi connectivity index (χ4v) is 10.0. The lowest BCUT2D eigenvalue weighted by molar-refractivity contribution is 0.213. The van der Waals surface area contributed by atoms with E-state index in [-0.39, 0.29) is 0 Å². The lowest BCUT2D eigenvalue weighted by Crippen LogP contribution is -2.09. The molecule has 0 rings (SSSR count). The summed E-state index contributed by atoms with van der Waals surface area (Å²) in [4.78, 5) is 0. The Hall–Kier alpha value is 0.580. The molecule has 0 bridgehead atoms. The van der Waals surface area contributed by atoms with Gasteiger partial charge in [-0.25, -0.2) is 0 Å². The molecule has 0 N–H and O–H groups in total. The lowest BCUT2D eigenvalue weighted by atomic mass is 10.4. The van der Waals surface area contributed by atoms with Gasteiger partial charge in [-0.3, -0.25) is 4.57 Å². The topological polar surface area (TPSA) is 35.5 Å². The minimum Gasteiger partial charge on any atom is -0.306 e. The van der Waals surface area contributed by atoms with Crippen molar-refractivity contribution in [3.05, 3.63) is 0 Å². The van der Waals surface area contributed by atoms with E-state index in [1.54, 1.807) is 0 Å². The van der Waals surface area contributed by atoms with Crippen molar-refractivity contribution >= 4 is 14.9 Å². The second-order valence-electron chi connectivity index (χ2n) is 5.41. The van der Waals surface area contributed by atoms with Crippen LogP contribution in [0.5, 0.6) is 0 Å². The van der Waals surface area contributed by atoms with Crippen molar-refractivity contribution < 1.29 is 13.6 Å². The zero-order valence-electron chi connectivity index (χ0n) is 13.5. The Morgan fingerprint density at radius 3 is 1.53 bits per heavy atom. The quantitative estimate of drug-likeness (QED) is 0.345. The highest BCUT2D eigenvalue weighted by Crippen LogP contribution is 2.80. The van der Waals surface area contributed by atoms with Gasteiger partial charge in [-0.2, -0.15) is 0 Å². The number of hydrogen-bond acceptors (Lipinski definition) is 3. The summed E-state index contributed by atoms with van der Waals surface area (Å²) >= 11 is 0. The van der Waals surface area contributed by atoms with E-state index < -0.39 is 14.9 Å². The van der Waals surface area contributed by atoms with E-state index in [0.717, 1.165) is 25.7 Å².